The molecule has 0 aliphatic heterocycles. The van der Waals surface area contributed by atoms with Crippen LogP contribution in [0.15, 0.2) is 29.4 Å². The first-order chi connectivity index (χ1) is 13.5. The lowest BCUT2D eigenvalue weighted by Crippen LogP contribution is -2.41. The van der Waals surface area contributed by atoms with Crippen LogP contribution in [-0.4, -0.2) is 32.0 Å². The molecule has 1 aromatic heterocycles. The molecule has 3 rings (SSSR count). The van der Waals surface area contributed by atoms with Crippen LogP contribution in [0.4, 0.5) is 0 Å². The van der Waals surface area contributed by atoms with Crippen molar-refractivity contribution >= 4 is 17.7 Å². The first-order valence-corrected chi connectivity index (χ1v) is 11.5. The molecule has 0 bridgehead atoms. The van der Waals surface area contributed by atoms with E-state index in [-0.39, 0.29) is 16.9 Å². The Balaban J connectivity index is 1.85. The molecule has 1 aromatic carbocycles. The lowest BCUT2D eigenvalue weighted by molar-refractivity contribution is -0.119. The molecule has 1 aliphatic rings. The Bertz CT molecular complexity index is 837. The zero-order valence-corrected chi connectivity index (χ0v) is 19.4. The third kappa shape index (κ3) is 5.62. The van der Waals surface area contributed by atoms with Gasteiger partial charge in [0.05, 0.1) is 5.75 Å². The third-order valence-corrected chi connectivity index (χ3v) is 6.15. The predicted octanol–water partition coefficient (Wildman–Crippen LogP) is 5.36. The van der Waals surface area contributed by atoms with Gasteiger partial charge in [-0.2, -0.15) is 0 Å². The van der Waals surface area contributed by atoms with Crippen molar-refractivity contribution in [3.63, 3.8) is 0 Å². The Morgan fingerprint density at radius 2 is 1.69 bits per heavy atom. The molecule has 1 fully saturated rings. The molecule has 0 radical (unpaired) electrons. The Hall–Kier alpha value is -1.82. The molecule has 6 heteroatoms. The molecule has 1 N–H and O–H groups in total. The highest BCUT2D eigenvalue weighted by molar-refractivity contribution is 7.99. The minimum Gasteiger partial charge on any atom is -0.351 e. The molecule has 29 heavy (non-hydrogen) atoms. The summed E-state index contributed by atoms with van der Waals surface area (Å²) in [5.74, 6) is 1.29. The van der Waals surface area contributed by atoms with Crippen LogP contribution in [0.1, 0.15) is 78.8 Å². The zero-order chi connectivity index (χ0) is 21.2. The molecular weight excluding hydrogens is 380 g/mol. The highest BCUT2D eigenvalue weighted by atomic mass is 32.2. The van der Waals surface area contributed by atoms with Gasteiger partial charge in [-0.05, 0) is 44.6 Å². The van der Waals surface area contributed by atoms with Gasteiger partial charge < -0.3 is 5.32 Å². The lowest BCUT2D eigenvalue weighted by atomic mass is 9.86. The van der Waals surface area contributed by atoms with Crippen molar-refractivity contribution in [1.29, 1.82) is 0 Å². The van der Waals surface area contributed by atoms with Gasteiger partial charge in [-0.15, -0.1) is 10.2 Å². The second-order valence-electron chi connectivity index (χ2n) is 10.0. The van der Waals surface area contributed by atoms with E-state index in [0.717, 1.165) is 29.4 Å². The fourth-order valence-electron chi connectivity index (χ4n) is 3.77. The highest BCUT2D eigenvalue weighted by Gasteiger charge is 2.26. The number of nitrogens with one attached hydrogen (secondary N) is 1. The van der Waals surface area contributed by atoms with E-state index in [2.05, 4.69) is 65.1 Å². The molecular formula is C23H34N4OS. The topological polar surface area (TPSA) is 59.8 Å². The molecule has 0 spiro atoms. The van der Waals surface area contributed by atoms with E-state index >= 15 is 0 Å². The normalized spacial score (nSPS) is 15.7. The Morgan fingerprint density at radius 1 is 1.07 bits per heavy atom. The average molecular weight is 415 g/mol. The lowest BCUT2D eigenvalue weighted by Gasteiger charge is -2.21. The van der Waals surface area contributed by atoms with Crippen LogP contribution in [0.2, 0.25) is 0 Å². The number of amides is 1. The van der Waals surface area contributed by atoms with Crippen LogP contribution in [0.3, 0.4) is 0 Å². The summed E-state index contributed by atoms with van der Waals surface area (Å²) in [6.45, 7) is 12.7. The average Bonchev–Trinajstić information content (AvgIpc) is 3.27. The second-order valence-corrected chi connectivity index (χ2v) is 11.0. The van der Waals surface area contributed by atoms with E-state index in [4.69, 9.17) is 0 Å². The van der Waals surface area contributed by atoms with Crippen LogP contribution in [-0.2, 0) is 10.2 Å². The number of carbonyl (C=O) groups is 1. The van der Waals surface area contributed by atoms with Gasteiger partial charge in [0.15, 0.2) is 11.0 Å². The molecule has 1 amide bonds. The molecule has 0 unspecified atom stereocenters. The van der Waals surface area contributed by atoms with Gasteiger partial charge in [0, 0.05) is 17.1 Å². The number of hydrogen-bond acceptors (Lipinski definition) is 4. The molecule has 2 aromatic rings. The Labute approximate surface area is 179 Å². The van der Waals surface area contributed by atoms with Gasteiger partial charge >= 0.3 is 0 Å². The van der Waals surface area contributed by atoms with Crippen molar-refractivity contribution in [1.82, 2.24) is 20.1 Å². The zero-order valence-electron chi connectivity index (χ0n) is 18.6. The second kappa shape index (κ2) is 8.50. The first kappa shape index (κ1) is 21.9. The maximum absolute atomic E-state index is 12.3. The Morgan fingerprint density at radius 3 is 2.24 bits per heavy atom. The summed E-state index contributed by atoms with van der Waals surface area (Å²) in [6, 6.07) is 9.09. The van der Waals surface area contributed by atoms with Gasteiger partial charge in [-0.3, -0.25) is 9.36 Å². The summed E-state index contributed by atoms with van der Waals surface area (Å²) in [7, 11) is 0. The molecule has 1 aliphatic carbocycles. The fraction of sp³-hybridized carbons (Fsp3) is 0.609. The van der Waals surface area contributed by atoms with Crippen molar-refractivity contribution in [2.75, 3.05) is 5.75 Å². The number of carbonyl (C=O) groups excluding carboxylic acids is 1. The van der Waals surface area contributed by atoms with Crippen LogP contribution in [0, 0.1) is 0 Å². The summed E-state index contributed by atoms with van der Waals surface area (Å²) in [4.78, 5) is 12.3. The van der Waals surface area contributed by atoms with E-state index in [0.29, 0.717) is 11.8 Å². The molecule has 1 heterocycles. The molecule has 5 nitrogen and oxygen atoms in total. The van der Waals surface area contributed by atoms with E-state index in [1.807, 2.05) is 20.8 Å². The van der Waals surface area contributed by atoms with Gasteiger partial charge in [-0.25, -0.2) is 0 Å². The Kier molecular flexibility index (Phi) is 6.42. The van der Waals surface area contributed by atoms with Crippen molar-refractivity contribution in [2.45, 2.75) is 89.4 Å². The number of aromatic nitrogens is 3. The van der Waals surface area contributed by atoms with Crippen molar-refractivity contribution in [3.05, 3.63) is 29.8 Å². The number of rotatable bonds is 5. The van der Waals surface area contributed by atoms with Gasteiger partial charge in [0.1, 0.15) is 0 Å². The highest BCUT2D eigenvalue weighted by Crippen LogP contribution is 2.37. The maximum atomic E-state index is 12.3. The SMILES string of the molecule is CC(C)(C)NC(=O)CSc1nnc(-c2ccc(C(C)(C)C)cc2)n1C1CCCC1. The van der Waals surface area contributed by atoms with Crippen molar-refractivity contribution in [2.24, 2.45) is 0 Å². The standard InChI is InChI=1S/C23H34N4OS/c1-22(2,3)17-13-11-16(12-14-17)20-25-26-21(27(20)18-9-7-8-10-18)29-15-19(28)24-23(4,5)6/h11-14,18H,7-10,15H2,1-6H3,(H,24,28). The summed E-state index contributed by atoms with van der Waals surface area (Å²) < 4.78 is 2.27. The molecule has 158 valence electrons. The molecule has 0 saturated heterocycles. The minimum atomic E-state index is -0.225. The van der Waals surface area contributed by atoms with E-state index < -0.39 is 0 Å². The van der Waals surface area contributed by atoms with Crippen LogP contribution in [0.5, 0.6) is 0 Å². The van der Waals surface area contributed by atoms with Gasteiger partial charge in [-0.1, -0.05) is 69.6 Å². The first-order valence-electron chi connectivity index (χ1n) is 10.5. The fourth-order valence-corrected chi connectivity index (χ4v) is 4.57. The van der Waals surface area contributed by atoms with Gasteiger partial charge in [0.25, 0.3) is 0 Å². The summed E-state index contributed by atoms with van der Waals surface area (Å²) in [6.07, 6.45) is 4.76. The van der Waals surface area contributed by atoms with Crippen LogP contribution in [0.25, 0.3) is 11.4 Å². The van der Waals surface area contributed by atoms with Crippen molar-refractivity contribution < 1.29 is 4.79 Å². The number of hydrogen-bond donors (Lipinski definition) is 1. The van der Waals surface area contributed by atoms with E-state index in [9.17, 15) is 4.79 Å². The predicted molar refractivity (Wildman–Crippen MR) is 120 cm³/mol. The number of benzene rings is 1. The minimum absolute atomic E-state index is 0.0274. The smallest absolute Gasteiger partial charge is 0.230 e. The summed E-state index contributed by atoms with van der Waals surface area (Å²) >= 11 is 1.48. The summed E-state index contributed by atoms with van der Waals surface area (Å²) in [5.41, 5.74) is 2.29. The summed E-state index contributed by atoms with van der Waals surface area (Å²) in [5, 5.41) is 12.9. The third-order valence-electron chi connectivity index (χ3n) is 5.21. The van der Waals surface area contributed by atoms with E-state index in [1.165, 1.54) is 30.2 Å². The largest absolute Gasteiger partial charge is 0.351 e. The molecule has 1 saturated carbocycles. The monoisotopic (exact) mass is 414 g/mol. The number of nitrogens with zero attached hydrogens (tertiary/aromatic N) is 3. The quantitative estimate of drug-likeness (QED) is 0.669. The van der Waals surface area contributed by atoms with Crippen molar-refractivity contribution in [3.8, 4) is 11.4 Å². The number of thioether (sulfide) groups is 1. The molecule has 0 atom stereocenters. The van der Waals surface area contributed by atoms with Crippen LogP contribution < -0.4 is 5.32 Å². The maximum Gasteiger partial charge on any atom is 0.230 e. The van der Waals surface area contributed by atoms with Gasteiger partial charge in [0.2, 0.25) is 5.91 Å². The van der Waals surface area contributed by atoms with Crippen LogP contribution >= 0.6 is 11.8 Å². The van der Waals surface area contributed by atoms with E-state index in [1.54, 1.807) is 0 Å².